The van der Waals surface area contributed by atoms with E-state index in [0.717, 1.165) is 0 Å². The Morgan fingerprint density at radius 1 is 1.35 bits per heavy atom. The Bertz CT molecular complexity index is 702. The number of fused-ring (bicyclic) bond motifs is 1. The average molecular weight is 280 g/mol. The van der Waals surface area contributed by atoms with E-state index in [1.807, 2.05) is 0 Å². The molecule has 1 aromatic carbocycles. The van der Waals surface area contributed by atoms with E-state index in [-0.39, 0.29) is 34.8 Å². The van der Waals surface area contributed by atoms with Gasteiger partial charge in [-0.05, 0) is 19.1 Å². The molecule has 0 aliphatic rings. The summed E-state index contributed by atoms with van der Waals surface area (Å²) in [4.78, 5) is 22.0. The highest BCUT2D eigenvalue weighted by Gasteiger charge is 2.15. The maximum atomic E-state index is 11.6. The second kappa shape index (κ2) is 5.52. The van der Waals surface area contributed by atoms with Crippen molar-refractivity contribution in [2.75, 3.05) is 13.2 Å². The van der Waals surface area contributed by atoms with Crippen molar-refractivity contribution in [3.8, 4) is 17.2 Å². The van der Waals surface area contributed by atoms with Crippen LogP contribution in [0.3, 0.4) is 0 Å². The van der Waals surface area contributed by atoms with Crippen molar-refractivity contribution in [3.05, 3.63) is 28.6 Å². The summed E-state index contributed by atoms with van der Waals surface area (Å²) in [6.45, 7) is 1.37. The van der Waals surface area contributed by atoms with Gasteiger partial charge in [0.1, 0.15) is 11.3 Å². The van der Waals surface area contributed by atoms with Crippen molar-refractivity contribution < 1.29 is 28.9 Å². The standard InChI is InChI=1S/C13H12O7/c1-2-18-12-11(16)8-4-3-7(19-6-10(14)15)5-9(8)20-13(12)17/h3-5,16H,2,6H2,1H3,(H,14,15). The van der Waals surface area contributed by atoms with Crippen molar-refractivity contribution >= 4 is 16.9 Å². The molecular formula is C13H12O7. The maximum Gasteiger partial charge on any atom is 0.383 e. The fraction of sp³-hybridized carbons (Fsp3) is 0.231. The van der Waals surface area contributed by atoms with Crippen LogP contribution in [0.15, 0.2) is 27.4 Å². The molecule has 0 saturated heterocycles. The molecule has 2 aromatic rings. The summed E-state index contributed by atoms with van der Waals surface area (Å²) in [5, 5.41) is 18.7. The first-order chi connectivity index (χ1) is 9.52. The molecule has 0 saturated carbocycles. The van der Waals surface area contributed by atoms with Gasteiger partial charge >= 0.3 is 11.6 Å². The van der Waals surface area contributed by atoms with Gasteiger partial charge in [0.2, 0.25) is 5.75 Å². The Kier molecular flexibility index (Phi) is 3.79. The van der Waals surface area contributed by atoms with Gasteiger partial charge in [0.15, 0.2) is 12.4 Å². The van der Waals surface area contributed by atoms with Crippen LogP contribution < -0.4 is 15.1 Å². The number of hydrogen-bond acceptors (Lipinski definition) is 6. The normalized spacial score (nSPS) is 10.4. The zero-order chi connectivity index (χ0) is 14.7. The van der Waals surface area contributed by atoms with Gasteiger partial charge in [-0.15, -0.1) is 0 Å². The van der Waals surface area contributed by atoms with Crippen molar-refractivity contribution in [1.29, 1.82) is 0 Å². The third kappa shape index (κ3) is 2.66. The number of aromatic hydroxyl groups is 1. The molecule has 2 rings (SSSR count). The summed E-state index contributed by atoms with van der Waals surface area (Å²) in [5.41, 5.74) is -0.730. The van der Waals surface area contributed by atoms with Crippen LogP contribution in [0.1, 0.15) is 6.92 Å². The average Bonchev–Trinajstić information content (AvgIpc) is 2.41. The molecule has 7 heteroatoms. The Morgan fingerprint density at radius 2 is 2.10 bits per heavy atom. The summed E-state index contributed by atoms with van der Waals surface area (Å²) in [6, 6.07) is 4.24. The fourth-order valence-corrected chi connectivity index (χ4v) is 1.65. The largest absolute Gasteiger partial charge is 0.504 e. The Morgan fingerprint density at radius 3 is 2.75 bits per heavy atom. The summed E-state index contributed by atoms with van der Waals surface area (Å²) in [5.74, 6) is -1.48. The topological polar surface area (TPSA) is 106 Å². The second-order valence-electron chi connectivity index (χ2n) is 3.84. The fourth-order valence-electron chi connectivity index (χ4n) is 1.65. The van der Waals surface area contributed by atoms with Crippen molar-refractivity contribution in [1.82, 2.24) is 0 Å². The van der Waals surface area contributed by atoms with Crippen molar-refractivity contribution in [2.24, 2.45) is 0 Å². The lowest BCUT2D eigenvalue weighted by Crippen LogP contribution is -2.09. The van der Waals surface area contributed by atoms with E-state index in [9.17, 15) is 14.7 Å². The van der Waals surface area contributed by atoms with Gasteiger partial charge in [0.05, 0.1) is 12.0 Å². The van der Waals surface area contributed by atoms with Gasteiger partial charge in [0.25, 0.3) is 0 Å². The third-order valence-corrected chi connectivity index (χ3v) is 2.46. The maximum absolute atomic E-state index is 11.6. The first-order valence-electron chi connectivity index (χ1n) is 5.80. The molecule has 1 heterocycles. The smallest absolute Gasteiger partial charge is 0.383 e. The van der Waals surface area contributed by atoms with Crippen LogP contribution >= 0.6 is 0 Å². The van der Waals surface area contributed by atoms with Crippen LogP contribution in [0, 0.1) is 0 Å². The molecule has 7 nitrogen and oxygen atoms in total. The molecule has 1 aromatic heterocycles. The molecule has 2 N–H and O–H groups in total. The first-order valence-corrected chi connectivity index (χ1v) is 5.80. The molecule has 0 unspecified atom stereocenters. The van der Waals surface area contributed by atoms with E-state index < -0.39 is 18.2 Å². The molecule has 0 bridgehead atoms. The van der Waals surface area contributed by atoms with Gasteiger partial charge in [-0.25, -0.2) is 9.59 Å². The molecule has 106 valence electrons. The molecule has 0 aliphatic heterocycles. The minimum absolute atomic E-state index is 0.0823. The monoisotopic (exact) mass is 280 g/mol. The zero-order valence-electron chi connectivity index (χ0n) is 10.6. The van der Waals surface area contributed by atoms with Gasteiger partial charge in [-0.1, -0.05) is 0 Å². The first kappa shape index (κ1) is 13.7. The SMILES string of the molecule is CCOc1c(O)c2ccc(OCC(=O)O)cc2oc1=O. The Labute approximate surface area is 113 Å². The molecular weight excluding hydrogens is 268 g/mol. The molecule has 0 radical (unpaired) electrons. The summed E-state index contributed by atoms with van der Waals surface area (Å²) < 4.78 is 15.0. The minimum Gasteiger partial charge on any atom is -0.504 e. The predicted molar refractivity (Wildman–Crippen MR) is 68.4 cm³/mol. The lowest BCUT2D eigenvalue weighted by molar-refractivity contribution is -0.139. The lowest BCUT2D eigenvalue weighted by Gasteiger charge is -2.08. The minimum atomic E-state index is -1.12. The number of carbonyl (C=O) groups is 1. The van der Waals surface area contributed by atoms with E-state index in [1.165, 1.54) is 18.2 Å². The van der Waals surface area contributed by atoms with Gasteiger partial charge in [-0.3, -0.25) is 0 Å². The van der Waals surface area contributed by atoms with Gasteiger partial charge in [0, 0.05) is 6.07 Å². The molecule has 0 aliphatic carbocycles. The van der Waals surface area contributed by atoms with Gasteiger partial charge in [-0.2, -0.15) is 0 Å². The van der Waals surface area contributed by atoms with E-state index >= 15 is 0 Å². The van der Waals surface area contributed by atoms with Crippen LogP contribution in [0.4, 0.5) is 0 Å². The Balaban J connectivity index is 2.46. The van der Waals surface area contributed by atoms with E-state index in [2.05, 4.69) is 0 Å². The molecule has 20 heavy (non-hydrogen) atoms. The van der Waals surface area contributed by atoms with Crippen LogP contribution in [0.5, 0.6) is 17.2 Å². The number of carboxylic acids is 1. The highest BCUT2D eigenvalue weighted by atomic mass is 16.5. The quantitative estimate of drug-likeness (QED) is 0.796. The highest BCUT2D eigenvalue weighted by Crippen LogP contribution is 2.33. The van der Waals surface area contributed by atoms with E-state index in [1.54, 1.807) is 6.92 Å². The van der Waals surface area contributed by atoms with Crippen molar-refractivity contribution in [3.63, 3.8) is 0 Å². The summed E-state index contributed by atoms with van der Waals surface area (Å²) in [6.07, 6.45) is 0. The summed E-state index contributed by atoms with van der Waals surface area (Å²) in [7, 11) is 0. The second-order valence-corrected chi connectivity index (χ2v) is 3.84. The van der Waals surface area contributed by atoms with E-state index in [4.69, 9.17) is 19.0 Å². The number of ether oxygens (including phenoxy) is 2. The molecule has 0 spiro atoms. The third-order valence-electron chi connectivity index (χ3n) is 2.46. The number of carboxylic acid groups (broad SMARTS) is 1. The molecule has 0 atom stereocenters. The van der Waals surface area contributed by atoms with Crippen molar-refractivity contribution in [2.45, 2.75) is 6.92 Å². The molecule has 0 amide bonds. The number of benzene rings is 1. The van der Waals surface area contributed by atoms with Crippen LogP contribution in [0.25, 0.3) is 11.0 Å². The van der Waals surface area contributed by atoms with Gasteiger partial charge < -0.3 is 24.1 Å². The zero-order valence-corrected chi connectivity index (χ0v) is 10.6. The molecule has 0 fully saturated rings. The van der Waals surface area contributed by atoms with Crippen LogP contribution in [0.2, 0.25) is 0 Å². The lowest BCUT2D eigenvalue weighted by atomic mass is 10.2. The number of hydrogen-bond donors (Lipinski definition) is 2. The van der Waals surface area contributed by atoms with Crippen LogP contribution in [-0.2, 0) is 4.79 Å². The van der Waals surface area contributed by atoms with E-state index in [0.29, 0.717) is 0 Å². The Hall–Kier alpha value is -2.70. The number of rotatable bonds is 5. The highest BCUT2D eigenvalue weighted by molar-refractivity contribution is 5.86. The summed E-state index contributed by atoms with van der Waals surface area (Å²) >= 11 is 0. The number of aliphatic carboxylic acids is 1. The van der Waals surface area contributed by atoms with Crippen LogP contribution in [-0.4, -0.2) is 29.4 Å². The predicted octanol–water partition coefficient (Wildman–Crippen LogP) is 1.36.